The largest absolute Gasteiger partial charge is 0.404 e. The molecule has 0 atom stereocenters. The fourth-order valence-corrected chi connectivity index (χ4v) is 1.86. The highest BCUT2D eigenvalue weighted by atomic mass is 16.5. The van der Waals surface area contributed by atoms with Crippen LogP contribution in [0, 0.1) is 17.3 Å². The predicted molar refractivity (Wildman–Crippen MR) is 99.0 cm³/mol. The summed E-state index contributed by atoms with van der Waals surface area (Å²) in [5, 5.41) is 7.08. The zero-order chi connectivity index (χ0) is 18.8. The number of hydrogen-bond acceptors (Lipinski definition) is 7. The number of ether oxygens (including phenoxy) is 2. The van der Waals surface area contributed by atoms with Crippen LogP contribution in [0.5, 0.6) is 0 Å². The van der Waals surface area contributed by atoms with Gasteiger partial charge in [-0.15, -0.1) is 0 Å². The van der Waals surface area contributed by atoms with Crippen LogP contribution in [0.25, 0.3) is 0 Å². The lowest BCUT2D eigenvalue weighted by Crippen LogP contribution is -2.37. The number of carbonyl (C=O) groups excluding carboxylic acids is 1. The van der Waals surface area contributed by atoms with Crippen LogP contribution in [0.3, 0.4) is 0 Å². The summed E-state index contributed by atoms with van der Waals surface area (Å²) in [4.78, 5) is 14.1. The van der Waals surface area contributed by atoms with Crippen molar-refractivity contribution in [3.05, 3.63) is 11.8 Å². The van der Waals surface area contributed by atoms with Gasteiger partial charge in [0, 0.05) is 51.4 Å². The third-order valence-corrected chi connectivity index (χ3v) is 3.15. The topological polar surface area (TPSA) is 141 Å². The SMILES string of the molecule is N=C/C(C#CCCCC(=O)N(CCOCCN)CCOCCN)=C\N. The lowest BCUT2D eigenvalue weighted by Gasteiger charge is -2.22. The molecule has 1 amide bonds. The molecule has 0 saturated carbocycles. The first-order valence-corrected chi connectivity index (χ1v) is 8.44. The first-order chi connectivity index (χ1) is 12.2. The van der Waals surface area contributed by atoms with Crippen molar-refractivity contribution in [1.29, 1.82) is 5.41 Å². The number of nitrogens with one attached hydrogen (secondary N) is 1. The minimum absolute atomic E-state index is 0.0381. The molecule has 142 valence electrons. The summed E-state index contributed by atoms with van der Waals surface area (Å²) >= 11 is 0. The van der Waals surface area contributed by atoms with Gasteiger partial charge in [-0.05, 0) is 6.42 Å². The van der Waals surface area contributed by atoms with Crippen molar-refractivity contribution in [3.63, 3.8) is 0 Å². The Kier molecular flexibility index (Phi) is 15.6. The van der Waals surface area contributed by atoms with E-state index in [1.54, 1.807) is 4.90 Å². The van der Waals surface area contributed by atoms with Gasteiger partial charge in [0.15, 0.2) is 0 Å². The molecule has 25 heavy (non-hydrogen) atoms. The zero-order valence-electron chi connectivity index (χ0n) is 14.8. The number of rotatable bonds is 14. The molecule has 0 rings (SSSR count). The van der Waals surface area contributed by atoms with Crippen LogP contribution in [-0.4, -0.2) is 69.6 Å². The molecule has 0 spiro atoms. The summed E-state index contributed by atoms with van der Waals surface area (Å²) in [6, 6.07) is 0. The second-order valence-corrected chi connectivity index (χ2v) is 5.10. The Morgan fingerprint density at radius 3 is 2.16 bits per heavy atom. The van der Waals surface area contributed by atoms with Gasteiger partial charge in [0.2, 0.25) is 5.91 Å². The van der Waals surface area contributed by atoms with Gasteiger partial charge in [0.25, 0.3) is 0 Å². The molecule has 0 aliphatic carbocycles. The average molecular weight is 353 g/mol. The van der Waals surface area contributed by atoms with E-state index in [0.29, 0.717) is 77.4 Å². The van der Waals surface area contributed by atoms with Crippen LogP contribution in [0.1, 0.15) is 19.3 Å². The first-order valence-electron chi connectivity index (χ1n) is 8.44. The molecule has 0 radical (unpaired) electrons. The third kappa shape index (κ3) is 13.1. The van der Waals surface area contributed by atoms with E-state index in [0.717, 1.165) is 6.21 Å². The monoisotopic (exact) mass is 353 g/mol. The maximum atomic E-state index is 12.3. The fourth-order valence-electron chi connectivity index (χ4n) is 1.86. The van der Waals surface area contributed by atoms with Gasteiger partial charge in [0.05, 0.1) is 32.0 Å². The van der Waals surface area contributed by atoms with Crippen molar-refractivity contribution in [2.75, 3.05) is 52.6 Å². The Bertz CT molecular complexity index is 445. The fraction of sp³-hybridized carbons (Fsp3) is 0.647. The van der Waals surface area contributed by atoms with E-state index in [1.807, 2.05) is 0 Å². The van der Waals surface area contributed by atoms with E-state index in [2.05, 4.69) is 11.8 Å². The summed E-state index contributed by atoms with van der Waals surface area (Å²) < 4.78 is 10.7. The van der Waals surface area contributed by atoms with E-state index < -0.39 is 0 Å². The molecule has 0 aromatic heterocycles. The van der Waals surface area contributed by atoms with E-state index in [9.17, 15) is 4.79 Å². The number of allylic oxidation sites excluding steroid dienone is 1. The van der Waals surface area contributed by atoms with Gasteiger partial charge in [-0.1, -0.05) is 11.8 Å². The Labute approximate surface area is 150 Å². The third-order valence-electron chi connectivity index (χ3n) is 3.15. The van der Waals surface area contributed by atoms with E-state index in [1.165, 1.54) is 6.20 Å². The second-order valence-electron chi connectivity index (χ2n) is 5.10. The first kappa shape index (κ1) is 23.1. The molecular weight excluding hydrogens is 322 g/mol. The molecule has 0 aliphatic heterocycles. The Hall–Kier alpha value is -1.92. The van der Waals surface area contributed by atoms with E-state index >= 15 is 0 Å². The maximum Gasteiger partial charge on any atom is 0.222 e. The molecule has 0 bridgehead atoms. The minimum atomic E-state index is 0.0381. The minimum Gasteiger partial charge on any atom is -0.404 e. The molecule has 0 aromatic rings. The number of nitrogens with zero attached hydrogens (tertiary/aromatic N) is 1. The summed E-state index contributed by atoms with van der Waals surface area (Å²) in [5.41, 5.74) is 16.5. The van der Waals surface area contributed by atoms with Crippen LogP contribution >= 0.6 is 0 Å². The van der Waals surface area contributed by atoms with Gasteiger partial charge in [-0.25, -0.2) is 0 Å². The van der Waals surface area contributed by atoms with E-state index in [-0.39, 0.29) is 5.91 Å². The van der Waals surface area contributed by atoms with Gasteiger partial charge < -0.3 is 37.0 Å². The molecule has 8 nitrogen and oxygen atoms in total. The zero-order valence-corrected chi connectivity index (χ0v) is 14.8. The molecule has 0 aromatic carbocycles. The quantitative estimate of drug-likeness (QED) is 0.187. The Morgan fingerprint density at radius 1 is 1.08 bits per heavy atom. The highest BCUT2D eigenvalue weighted by Gasteiger charge is 2.12. The Balaban J connectivity index is 4.26. The molecule has 0 unspecified atom stereocenters. The number of amides is 1. The molecule has 7 N–H and O–H groups in total. The number of unbranched alkanes of at least 4 members (excludes halogenated alkanes) is 1. The van der Waals surface area contributed by atoms with Crippen LogP contribution < -0.4 is 17.2 Å². The average Bonchev–Trinajstić information content (AvgIpc) is 2.63. The second kappa shape index (κ2) is 16.9. The molecule has 8 heteroatoms. The van der Waals surface area contributed by atoms with Crippen molar-refractivity contribution in [3.8, 4) is 11.8 Å². The standard InChI is InChI=1S/C17H31N5O3/c18-6-10-24-12-8-22(9-13-25-11-7-19)17(23)5-3-1-2-4-16(14-20)15-21/h14-15,20H,1,3,5-13,18-19,21H2/b16-15-,20-14?. The summed E-state index contributed by atoms with van der Waals surface area (Å²) in [6.45, 7) is 3.78. The van der Waals surface area contributed by atoms with Crippen molar-refractivity contribution < 1.29 is 14.3 Å². The molecule has 0 heterocycles. The smallest absolute Gasteiger partial charge is 0.222 e. The number of nitrogens with two attached hydrogens (primary N) is 3. The van der Waals surface area contributed by atoms with Gasteiger partial charge in [-0.2, -0.15) is 0 Å². The van der Waals surface area contributed by atoms with Crippen molar-refractivity contribution in [2.45, 2.75) is 19.3 Å². The number of carbonyl (C=O) groups is 1. The van der Waals surface area contributed by atoms with Crippen LogP contribution in [0.2, 0.25) is 0 Å². The molecule has 0 aliphatic rings. The predicted octanol–water partition coefficient (Wildman–Crippen LogP) is -0.569. The summed E-state index contributed by atoms with van der Waals surface area (Å²) in [6.07, 6.45) is 4.00. The molecule has 0 saturated heterocycles. The van der Waals surface area contributed by atoms with Crippen molar-refractivity contribution in [2.24, 2.45) is 17.2 Å². The van der Waals surface area contributed by atoms with E-state index in [4.69, 9.17) is 32.1 Å². The summed E-state index contributed by atoms with van der Waals surface area (Å²) in [5.74, 6) is 5.72. The maximum absolute atomic E-state index is 12.3. The van der Waals surface area contributed by atoms with Crippen LogP contribution in [0.4, 0.5) is 0 Å². The lowest BCUT2D eigenvalue weighted by atomic mass is 10.2. The van der Waals surface area contributed by atoms with Crippen molar-refractivity contribution >= 4 is 12.1 Å². The molecular formula is C17H31N5O3. The van der Waals surface area contributed by atoms with Crippen LogP contribution in [-0.2, 0) is 14.3 Å². The van der Waals surface area contributed by atoms with Gasteiger partial charge >= 0.3 is 0 Å². The number of hydrogen-bond donors (Lipinski definition) is 4. The Morgan fingerprint density at radius 2 is 1.68 bits per heavy atom. The van der Waals surface area contributed by atoms with Crippen molar-refractivity contribution in [1.82, 2.24) is 4.90 Å². The normalized spacial score (nSPS) is 10.9. The molecule has 0 fully saturated rings. The van der Waals surface area contributed by atoms with Crippen LogP contribution in [0.15, 0.2) is 11.8 Å². The summed E-state index contributed by atoms with van der Waals surface area (Å²) in [7, 11) is 0. The van der Waals surface area contributed by atoms with Gasteiger partial charge in [0.1, 0.15) is 0 Å². The lowest BCUT2D eigenvalue weighted by molar-refractivity contribution is -0.132. The highest BCUT2D eigenvalue weighted by Crippen LogP contribution is 2.02. The highest BCUT2D eigenvalue weighted by molar-refractivity contribution is 5.81. The van der Waals surface area contributed by atoms with Gasteiger partial charge in [-0.3, -0.25) is 4.79 Å².